The van der Waals surface area contributed by atoms with Crippen molar-refractivity contribution in [1.82, 2.24) is 5.32 Å². The number of thiol groups is 1. The van der Waals surface area contributed by atoms with E-state index >= 15 is 0 Å². The van der Waals surface area contributed by atoms with Crippen molar-refractivity contribution in [1.29, 1.82) is 0 Å². The summed E-state index contributed by atoms with van der Waals surface area (Å²) in [5.41, 5.74) is 0.359. The Morgan fingerprint density at radius 3 is 2.00 bits per heavy atom. The van der Waals surface area contributed by atoms with Crippen LogP contribution in [0.15, 0.2) is 0 Å². The molecule has 0 aromatic rings. The maximum atomic E-state index is 4.21. The van der Waals surface area contributed by atoms with Gasteiger partial charge < -0.3 is 5.32 Å². The van der Waals surface area contributed by atoms with Gasteiger partial charge in [0.25, 0.3) is 0 Å². The minimum absolute atomic E-state index is 0.359. The van der Waals surface area contributed by atoms with E-state index in [1.54, 1.807) is 0 Å². The summed E-state index contributed by atoms with van der Waals surface area (Å²) < 4.78 is 0. The van der Waals surface area contributed by atoms with Crippen molar-refractivity contribution >= 4 is 12.6 Å². The molecule has 0 aliphatic rings. The molecule has 1 unspecified atom stereocenters. The molecule has 0 aliphatic carbocycles. The summed E-state index contributed by atoms with van der Waals surface area (Å²) in [6.07, 6.45) is 1.14. The van der Waals surface area contributed by atoms with Gasteiger partial charge in [-0.3, -0.25) is 0 Å². The Balaban J connectivity index is 3.81. The summed E-state index contributed by atoms with van der Waals surface area (Å²) in [5, 5.41) is 3.29. The number of rotatable bonds is 3. The first-order valence-corrected chi connectivity index (χ1v) is 4.43. The van der Waals surface area contributed by atoms with Gasteiger partial charge in [-0.2, -0.15) is 12.6 Å². The Morgan fingerprint density at radius 2 is 1.90 bits per heavy atom. The van der Waals surface area contributed by atoms with Gasteiger partial charge in [-0.05, 0) is 24.6 Å². The van der Waals surface area contributed by atoms with Crippen molar-refractivity contribution in [3.63, 3.8) is 0 Å². The molecule has 1 N–H and O–H groups in total. The van der Waals surface area contributed by atoms with Crippen LogP contribution < -0.4 is 5.32 Å². The SMILES string of the molecule is CNC(CCS)C(C)(C)C. The van der Waals surface area contributed by atoms with Gasteiger partial charge in [0.1, 0.15) is 0 Å². The second-order valence-corrected chi connectivity index (χ2v) is 4.17. The lowest BCUT2D eigenvalue weighted by Gasteiger charge is -2.29. The topological polar surface area (TPSA) is 12.0 Å². The highest BCUT2D eigenvalue weighted by Gasteiger charge is 2.21. The molecule has 1 atom stereocenters. The van der Waals surface area contributed by atoms with Crippen molar-refractivity contribution in [2.75, 3.05) is 12.8 Å². The zero-order valence-electron chi connectivity index (χ0n) is 7.44. The molecule has 10 heavy (non-hydrogen) atoms. The summed E-state index contributed by atoms with van der Waals surface area (Å²) in [4.78, 5) is 0. The Hall–Kier alpha value is 0.310. The van der Waals surface area contributed by atoms with Gasteiger partial charge in [-0.1, -0.05) is 20.8 Å². The lowest BCUT2D eigenvalue weighted by molar-refractivity contribution is 0.276. The average molecular weight is 161 g/mol. The number of nitrogens with one attached hydrogen (secondary N) is 1. The summed E-state index contributed by atoms with van der Waals surface area (Å²) in [5.74, 6) is 0.961. The van der Waals surface area contributed by atoms with Gasteiger partial charge in [0.15, 0.2) is 0 Å². The fraction of sp³-hybridized carbons (Fsp3) is 1.00. The van der Waals surface area contributed by atoms with Crippen LogP contribution in [-0.4, -0.2) is 18.8 Å². The van der Waals surface area contributed by atoms with Crippen molar-refractivity contribution in [2.45, 2.75) is 33.2 Å². The fourth-order valence-electron chi connectivity index (χ4n) is 1.14. The predicted octanol–water partition coefficient (Wildman–Crippen LogP) is 1.94. The average Bonchev–Trinajstić information content (AvgIpc) is 1.80. The van der Waals surface area contributed by atoms with Crippen LogP contribution in [0.2, 0.25) is 0 Å². The number of hydrogen-bond donors (Lipinski definition) is 2. The molecule has 0 rings (SSSR count). The zero-order valence-corrected chi connectivity index (χ0v) is 8.33. The highest BCUT2D eigenvalue weighted by molar-refractivity contribution is 7.80. The maximum Gasteiger partial charge on any atom is 0.0120 e. The third-order valence-electron chi connectivity index (χ3n) is 1.81. The minimum atomic E-state index is 0.359. The van der Waals surface area contributed by atoms with Gasteiger partial charge in [0.05, 0.1) is 0 Å². The van der Waals surface area contributed by atoms with Crippen LogP contribution in [-0.2, 0) is 0 Å². The van der Waals surface area contributed by atoms with E-state index in [1.807, 2.05) is 7.05 Å². The lowest BCUT2D eigenvalue weighted by Crippen LogP contribution is -2.38. The van der Waals surface area contributed by atoms with E-state index in [-0.39, 0.29) is 0 Å². The molecule has 1 nitrogen and oxygen atoms in total. The molecule has 0 saturated carbocycles. The van der Waals surface area contributed by atoms with Crippen LogP contribution in [0.25, 0.3) is 0 Å². The van der Waals surface area contributed by atoms with E-state index < -0.39 is 0 Å². The smallest absolute Gasteiger partial charge is 0.0120 e. The van der Waals surface area contributed by atoms with Crippen LogP contribution in [0, 0.1) is 5.41 Å². The van der Waals surface area contributed by atoms with Crippen LogP contribution in [0.4, 0.5) is 0 Å². The first-order chi connectivity index (χ1) is 4.52. The van der Waals surface area contributed by atoms with Crippen LogP contribution >= 0.6 is 12.6 Å². The van der Waals surface area contributed by atoms with Gasteiger partial charge in [-0.25, -0.2) is 0 Å². The monoisotopic (exact) mass is 161 g/mol. The molecular formula is C8H19NS. The second kappa shape index (κ2) is 4.24. The zero-order chi connectivity index (χ0) is 8.20. The first-order valence-electron chi connectivity index (χ1n) is 3.80. The minimum Gasteiger partial charge on any atom is -0.316 e. The molecule has 0 spiro atoms. The second-order valence-electron chi connectivity index (χ2n) is 3.72. The molecule has 0 aliphatic heterocycles. The maximum absolute atomic E-state index is 4.21. The summed E-state index contributed by atoms with van der Waals surface area (Å²) >= 11 is 4.21. The summed E-state index contributed by atoms with van der Waals surface area (Å²) in [7, 11) is 2.01. The standard InChI is InChI=1S/C8H19NS/c1-8(2,3)7(9-4)5-6-10/h7,9-10H,5-6H2,1-4H3. The molecule has 62 valence electrons. The van der Waals surface area contributed by atoms with E-state index in [0.717, 1.165) is 12.2 Å². The van der Waals surface area contributed by atoms with Crippen LogP contribution in [0.3, 0.4) is 0 Å². The molecule has 0 amide bonds. The quantitative estimate of drug-likeness (QED) is 0.603. The molecule has 2 heteroatoms. The molecule has 0 radical (unpaired) electrons. The Labute approximate surface area is 70.0 Å². The molecule has 0 bridgehead atoms. The van der Waals surface area contributed by atoms with Crippen LogP contribution in [0.1, 0.15) is 27.2 Å². The lowest BCUT2D eigenvalue weighted by atomic mass is 9.85. The molecule has 0 saturated heterocycles. The van der Waals surface area contributed by atoms with Gasteiger partial charge in [0, 0.05) is 6.04 Å². The van der Waals surface area contributed by atoms with E-state index in [1.165, 1.54) is 0 Å². The highest BCUT2D eigenvalue weighted by Crippen LogP contribution is 2.21. The van der Waals surface area contributed by atoms with Crippen molar-refractivity contribution in [2.24, 2.45) is 5.41 Å². The largest absolute Gasteiger partial charge is 0.316 e. The summed E-state index contributed by atoms with van der Waals surface area (Å²) in [6.45, 7) is 6.74. The Kier molecular flexibility index (Phi) is 4.37. The third-order valence-corrected chi connectivity index (χ3v) is 2.07. The van der Waals surface area contributed by atoms with Crippen LogP contribution in [0.5, 0.6) is 0 Å². The predicted molar refractivity (Wildman–Crippen MR) is 50.8 cm³/mol. The first kappa shape index (κ1) is 10.3. The Morgan fingerprint density at radius 1 is 1.40 bits per heavy atom. The highest BCUT2D eigenvalue weighted by atomic mass is 32.1. The Bertz CT molecular complexity index is 85.7. The van der Waals surface area contributed by atoms with E-state index in [2.05, 4.69) is 38.7 Å². The molecule has 0 aromatic heterocycles. The van der Waals surface area contributed by atoms with E-state index in [0.29, 0.717) is 11.5 Å². The molecule has 0 heterocycles. The van der Waals surface area contributed by atoms with Gasteiger partial charge in [0.2, 0.25) is 0 Å². The fourth-order valence-corrected chi connectivity index (χ4v) is 1.40. The van der Waals surface area contributed by atoms with Crippen molar-refractivity contribution in [3.05, 3.63) is 0 Å². The third kappa shape index (κ3) is 3.47. The van der Waals surface area contributed by atoms with Crippen molar-refractivity contribution in [3.8, 4) is 0 Å². The van der Waals surface area contributed by atoms with E-state index in [9.17, 15) is 0 Å². The molecule has 0 fully saturated rings. The molecular weight excluding hydrogens is 142 g/mol. The van der Waals surface area contributed by atoms with Gasteiger partial charge in [-0.15, -0.1) is 0 Å². The number of hydrogen-bond acceptors (Lipinski definition) is 2. The summed E-state index contributed by atoms with van der Waals surface area (Å²) in [6, 6.07) is 0.588. The molecule has 0 aromatic carbocycles. The van der Waals surface area contributed by atoms with E-state index in [4.69, 9.17) is 0 Å². The normalized spacial score (nSPS) is 15.3. The van der Waals surface area contributed by atoms with Gasteiger partial charge >= 0.3 is 0 Å². The van der Waals surface area contributed by atoms with Crippen molar-refractivity contribution < 1.29 is 0 Å².